The Morgan fingerprint density at radius 3 is 2.54 bits per heavy atom. The molecule has 1 aromatic rings. The van der Waals surface area contributed by atoms with E-state index < -0.39 is 35.8 Å². The molecule has 0 spiro atoms. The summed E-state index contributed by atoms with van der Waals surface area (Å²) in [4.78, 5) is 23.7. The van der Waals surface area contributed by atoms with Crippen molar-refractivity contribution in [1.82, 2.24) is 5.32 Å². The molecule has 2 rings (SSSR count). The number of nitrogens with one attached hydrogen (secondary N) is 1. The predicted octanol–water partition coefficient (Wildman–Crippen LogP) is 3.56. The number of carbonyl (C=O) groups is 2. The van der Waals surface area contributed by atoms with Gasteiger partial charge in [0.15, 0.2) is 6.61 Å². The molecule has 7 heteroatoms. The van der Waals surface area contributed by atoms with Gasteiger partial charge in [0.2, 0.25) is 0 Å². The van der Waals surface area contributed by atoms with Gasteiger partial charge in [-0.25, -0.2) is 4.79 Å². The minimum atomic E-state index is -4.66. The lowest BCUT2D eigenvalue weighted by atomic mass is 9.86. The van der Waals surface area contributed by atoms with Crippen molar-refractivity contribution in [3.8, 4) is 0 Å². The van der Waals surface area contributed by atoms with Gasteiger partial charge in [0, 0.05) is 6.04 Å². The van der Waals surface area contributed by atoms with Gasteiger partial charge in [0.05, 0.1) is 11.1 Å². The summed E-state index contributed by atoms with van der Waals surface area (Å²) in [5.74, 6) is -1.31. The summed E-state index contributed by atoms with van der Waals surface area (Å²) in [6, 6.07) is 4.37. The summed E-state index contributed by atoms with van der Waals surface area (Å²) in [6.07, 6.45) is -0.637. The van der Waals surface area contributed by atoms with E-state index in [1.165, 1.54) is 12.1 Å². The second kappa shape index (κ2) is 7.68. The largest absolute Gasteiger partial charge is 0.452 e. The molecule has 24 heavy (non-hydrogen) atoms. The van der Waals surface area contributed by atoms with Gasteiger partial charge in [-0.3, -0.25) is 4.79 Å². The van der Waals surface area contributed by atoms with E-state index in [9.17, 15) is 22.8 Å². The Morgan fingerprint density at radius 2 is 1.88 bits per heavy atom. The summed E-state index contributed by atoms with van der Waals surface area (Å²) < 4.78 is 43.4. The summed E-state index contributed by atoms with van der Waals surface area (Å²) in [5.41, 5.74) is -1.67. The van der Waals surface area contributed by atoms with Crippen LogP contribution in [0.3, 0.4) is 0 Å². The third-order valence-corrected chi connectivity index (χ3v) is 4.24. The highest BCUT2D eigenvalue weighted by Crippen LogP contribution is 2.32. The maximum Gasteiger partial charge on any atom is 0.417 e. The fraction of sp³-hybridized carbons (Fsp3) is 0.529. The fourth-order valence-electron chi connectivity index (χ4n) is 2.90. The Bertz CT molecular complexity index is 601. The summed E-state index contributed by atoms with van der Waals surface area (Å²) >= 11 is 0. The van der Waals surface area contributed by atoms with Crippen molar-refractivity contribution in [2.75, 3.05) is 6.61 Å². The Morgan fingerprint density at radius 1 is 1.21 bits per heavy atom. The zero-order chi connectivity index (χ0) is 17.7. The van der Waals surface area contributed by atoms with Crippen LogP contribution in [-0.2, 0) is 15.7 Å². The van der Waals surface area contributed by atoms with Gasteiger partial charge in [0.25, 0.3) is 5.91 Å². The summed E-state index contributed by atoms with van der Waals surface area (Å²) in [7, 11) is 0. The van der Waals surface area contributed by atoms with Crippen molar-refractivity contribution in [3.63, 3.8) is 0 Å². The molecule has 1 N–H and O–H groups in total. The SMILES string of the molecule is C[C@@H]1CCCC[C@H]1NC(=O)COC(=O)c1ccccc1C(F)(F)F. The van der Waals surface area contributed by atoms with Crippen LogP contribution in [0.4, 0.5) is 13.2 Å². The molecule has 0 aromatic heterocycles. The number of hydrogen-bond acceptors (Lipinski definition) is 3. The highest BCUT2D eigenvalue weighted by molar-refractivity contribution is 5.93. The van der Waals surface area contributed by atoms with Crippen molar-refractivity contribution >= 4 is 11.9 Å². The fourth-order valence-corrected chi connectivity index (χ4v) is 2.90. The molecule has 0 aliphatic heterocycles. The molecule has 1 aromatic carbocycles. The van der Waals surface area contributed by atoms with Gasteiger partial charge in [-0.1, -0.05) is 31.9 Å². The number of benzene rings is 1. The second-order valence-electron chi connectivity index (χ2n) is 6.06. The van der Waals surface area contributed by atoms with E-state index in [0.717, 1.165) is 37.8 Å². The third-order valence-electron chi connectivity index (χ3n) is 4.24. The van der Waals surface area contributed by atoms with Gasteiger partial charge in [0.1, 0.15) is 0 Å². The van der Waals surface area contributed by atoms with E-state index >= 15 is 0 Å². The van der Waals surface area contributed by atoms with Gasteiger partial charge >= 0.3 is 12.1 Å². The number of carbonyl (C=O) groups excluding carboxylic acids is 2. The molecule has 4 nitrogen and oxygen atoms in total. The number of halogens is 3. The normalized spacial score (nSPS) is 21.2. The van der Waals surface area contributed by atoms with Crippen LogP contribution in [0.25, 0.3) is 0 Å². The Labute approximate surface area is 138 Å². The molecule has 1 fully saturated rings. The van der Waals surface area contributed by atoms with E-state index in [2.05, 4.69) is 5.32 Å². The van der Waals surface area contributed by atoms with E-state index in [1.807, 2.05) is 6.92 Å². The van der Waals surface area contributed by atoms with Crippen LogP contribution >= 0.6 is 0 Å². The number of amides is 1. The molecule has 2 atom stereocenters. The zero-order valence-corrected chi connectivity index (χ0v) is 13.4. The lowest BCUT2D eigenvalue weighted by Gasteiger charge is -2.29. The van der Waals surface area contributed by atoms with Crippen molar-refractivity contribution in [1.29, 1.82) is 0 Å². The number of esters is 1. The number of ether oxygens (including phenoxy) is 1. The van der Waals surface area contributed by atoms with Crippen LogP contribution in [0.15, 0.2) is 24.3 Å². The maximum absolute atomic E-state index is 12.9. The maximum atomic E-state index is 12.9. The van der Waals surface area contributed by atoms with Crippen LogP contribution in [0.1, 0.15) is 48.5 Å². The van der Waals surface area contributed by atoms with Crippen molar-refractivity contribution < 1.29 is 27.5 Å². The zero-order valence-electron chi connectivity index (χ0n) is 13.4. The molecular weight excluding hydrogens is 323 g/mol. The molecule has 1 amide bonds. The molecule has 0 saturated heterocycles. The van der Waals surface area contributed by atoms with Gasteiger partial charge in [-0.05, 0) is 30.9 Å². The highest BCUT2D eigenvalue weighted by Gasteiger charge is 2.35. The van der Waals surface area contributed by atoms with E-state index in [0.29, 0.717) is 5.92 Å². The molecule has 1 aliphatic carbocycles. The van der Waals surface area contributed by atoms with Crippen molar-refractivity contribution in [3.05, 3.63) is 35.4 Å². The van der Waals surface area contributed by atoms with Crippen LogP contribution in [0, 0.1) is 5.92 Å². The predicted molar refractivity (Wildman–Crippen MR) is 81.3 cm³/mol. The molecular formula is C17H20F3NO3. The van der Waals surface area contributed by atoms with Gasteiger partial charge in [-0.2, -0.15) is 13.2 Å². The first kappa shape index (κ1) is 18.3. The Kier molecular flexibility index (Phi) is 5.85. The van der Waals surface area contributed by atoms with Crippen LogP contribution in [0.5, 0.6) is 0 Å². The smallest absolute Gasteiger partial charge is 0.417 e. The molecule has 0 unspecified atom stereocenters. The summed E-state index contributed by atoms with van der Waals surface area (Å²) in [5, 5.41) is 2.78. The monoisotopic (exact) mass is 343 g/mol. The topological polar surface area (TPSA) is 55.4 Å². The average Bonchev–Trinajstić information content (AvgIpc) is 2.54. The van der Waals surface area contributed by atoms with Gasteiger partial charge < -0.3 is 10.1 Å². The highest BCUT2D eigenvalue weighted by atomic mass is 19.4. The van der Waals surface area contributed by atoms with Crippen LogP contribution < -0.4 is 5.32 Å². The van der Waals surface area contributed by atoms with E-state index in [4.69, 9.17) is 4.74 Å². The van der Waals surface area contributed by atoms with Crippen molar-refractivity contribution in [2.45, 2.75) is 44.8 Å². The molecule has 0 bridgehead atoms. The average molecular weight is 343 g/mol. The number of hydrogen-bond donors (Lipinski definition) is 1. The quantitative estimate of drug-likeness (QED) is 0.851. The van der Waals surface area contributed by atoms with E-state index in [1.54, 1.807) is 0 Å². The summed E-state index contributed by atoms with van der Waals surface area (Å²) in [6.45, 7) is 1.45. The molecule has 132 valence electrons. The van der Waals surface area contributed by atoms with E-state index in [-0.39, 0.29) is 6.04 Å². The Hall–Kier alpha value is -2.05. The van der Waals surface area contributed by atoms with Gasteiger partial charge in [-0.15, -0.1) is 0 Å². The first-order chi connectivity index (χ1) is 11.3. The van der Waals surface area contributed by atoms with Crippen LogP contribution in [0.2, 0.25) is 0 Å². The molecule has 0 heterocycles. The molecule has 1 saturated carbocycles. The number of alkyl halides is 3. The first-order valence-corrected chi connectivity index (χ1v) is 7.91. The molecule has 1 aliphatic rings. The standard InChI is InChI=1S/C17H20F3NO3/c1-11-6-2-5-9-14(11)21-15(22)10-24-16(23)12-7-3-4-8-13(12)17(18,19)20/h3-4,7-8,11,14H,2,5-6,9-10H2,1H3,(H,21,22)/t11-,14-/m1/s1. The lowest BCUT2D eigenvalue weighted by Crippen LogP contribution is -2.42. The lowest BCUT2D eigenvalue weighted by molar-refractivity contribution is -0.138. The third kappa shape index (κ3) is 4.72. The first-order valence-electron chi connectivity index (χ1n) is 7.91. The van der Waals surface area contributed by atoms with Crippen LogP contribution in [-0.4, -0.2) is 24.5 Å². The van der Waals surface area contributed by atoms with Crippen molar-refractivity contribution in [2.24, 2.45) is 5.92 Å². The Balaban J connectivity index is 1.92. The minimum Gasteiger partial charge on any atom is -0.452 e. The second-order valence-corrected chi connectivity index (χ2v) is 6.06. The minimum absolute atomic E-state index is 0.0208. The molecule has 0 radical (unpaired) electrons. The number of rotatable bonds is 4.